The Morgan fingerprint density at radius 3 is 2.90 bits per heavy atom. The molecule has 0 bridgehead atoms. The second-order valence-corrected chi connectivity index (χ2v) is 6.09. The van der Waals surface area contributed by atoms with Crippen molar-refractivity contribution in [1.82, 2.24) is 15.2 Å². The molecule has 1 aromatic carbocycles. The quantitative estimate of drug-likeness (QED) is 0.923. The summed E-state index contributed by atoms with van der Waals surface area (Å²) in [5.74, 6) is 0. The number of benzene rings is 1. The predicted octanol–water partition coefficient (Wildman–Crippen LogP) is 2.56. The summed E-state index contributed by atoms with van der Waals surface area (Å²) in [4.78, 5) is 7.37. The number of hydrogen-bond donors (Lipinski definition) is 1. The SMILES string of the molecule is c1ccc2nc(CNC3CCN(C4CC4)C3)ccc2c1. The third-order valence-electron chi connectivity index (χ3n) is 4.51. The Balaban J connectivity index is 1.38. The standard InChI is InChI=1S/C17H21N3/c1-2-4-17-13(3-1)5-6-14(19-17)11-18-15-9-10-20(12-15)16-7-8-16/h1-6,15-16,18H,7-12H2. The van der Waals surface area contributed by atoms with Crippen molar-refractivity contribution in [3.63, 3.8) is 0 Å². The molecule has 1 saturated heterocycles. The Morgan fingerprint density at radius 1 is 1.10 bits per heavy atom. The van der Waals surface area contributed by atoms with E-state index in [1.165, 1.54) is 37.7 Å². The fourth-order valence-electron chi connectivity index (χ4n) is 3.18. The van der Waals surface area contributed by atoms with Crippen molar-refractivity contribution in [1.29, 1.82) is 0 Å². The van der Waals surface area contributed by atoms with E-state index < -0.39 is 0 Å². The number of para-hydroxylation sites is 1. The van der Waals surface area contributed by atoms with Crippen LogP contribution in [0.4, 0.5) is 0 Å². The van der Waals surface area contributed by atoms with Crippen LogP contribution in [0.3, 0.4) is 0 Å². The molecule has 3 nitrogen and oxygen atoms in total. The number of hydrogen-bond acceptors (Lipinski definition) is 3. The molecular formula is C17H21N3. The van der Waals surface area contributed by atoms with Crippen LogP contribution in [0.5, 0.6) is 0 Å². The molecule has 0 radical (unpaired) electrons. The Morgan fingerprint density at radius 2 is 2.00 bits per heavy atom. The van der Waals surface area contributed by atoms with Gasteiger partial charge in [-0.05, 0) is 31.4 Å². The van der Waals surface area contributed by atoms with Crippen LogP contribution in [0, 0.1) is 0 Å². The van der Waals surface area contributed by atoms with Gasteiger partial charge in [-0.25, -0.2) is 0 Å². The lowest BCUT2D eigenvalue weighted by molar-refractivity contribution is 0.317. The lowest BCUT2D eigenvalue weighted by Gasteiger charge is -2.15. The zero-order valence-corrected chi connectivity index (χ0v) is 11.8. The lowest BCUT2D eigenvalue weighted by Crippen LogP contribution is -2.33. The van der Waals surface area contributed by atoms with E-state index >= 15 is 0 Å². The maximum Gasteiger partial charge on any atom is 0.0705 e. The molecular weight excluding hydrogens is 246 g/mol. The molecule has 1 atom stereocenters. The van der Waals surface area contributed by atoms with Gasteiger partial charge in [0.25, 0.3) is 0 Å². The number of rotatable bonds is 4. The molecule has 104 valence electrons. The molecule has 1 N–H and O–H groups in total. The monoisotopic (exact) mass is 267 g/mol. The number of fused-ring (bicyclic) bond motifs is 1. The van der Waals surface area contributed by atoms with Crippen LogP contribution in [-0.4, -0.2) is 35.1 Å². The van der Waals surface area contributed by atoms with Crippen LogP contribution in [0.1, 0.15) is 25.0 Å². The Kier molecular flexibility index (Phi) is 3.17. The summed E-state index contributed by atoms with van der Waals surface area (Å²) in [5, 5.41) is 4.89. The summed E-state index contributed by atoms with van der Waals surface area (Å²) in [5.41, 5.74) is 2.24. The highest BCUT2D eigenvalue weighted by Crippen LogP contribution is 2.29. The van der Waals surface area contributed by atoms with E-state index in [9.17, 15) is 0 Å². The van der Waals surface area contributed by atoms with E-state index in [-0.39, 0.29) is 0 Å². The first-order valence-corrected chi connectivity index (χ1v) is 7.70. The van der Waals surface area contributed by atoms with Gasteiger partial charge in [-0.3, -0.25) is 9.88 Å². The minimum absolute atomic E-state index is 0.642. The second-order valence-electron chi connectivity index (χ2n) is 6.09. The lowest BCUT2D eigenvalue weighted by atomic mass is 10.2. The fourth-order valence-corrected chi connectivity index (χ4v) is 3.18. The van der Waals surface area contributed by atoms with Crippen molar-refractivity contribution < 1.29 is 0 Å². The normalized spacial score (nSPS) is 23.5. The van der Waals surface area contributed by atoms with E-state index in [1.807, 2.05) is 0 Å². The third kappa shape index (κ3) is 2.56. The molecule has 0 amide bonds. The number of likely N-dealkylation sites (tertiary alicyclic amines) is 1. The average Bonchev–Trinajstić information content (AvgIpc) is 3.24. The first-order chi connectivity index (χ1) is 9.88. The minimum Gasteiger partial charge on any atom is -0.307 e. The largest absolute Gasteiger partial charge is 0.307 e. The van der Waals surface area contributed by atoms with Crippen LogP contribution >= 0.6 is 0 Å². The van der Waals surface area contributed by atoms with Gasteiger partial charge < -0.3 is 5.32 Å². The molecule has 1 aliphatic heterocycles. The van der Waals surface area contributed by atoms with E-state index in [0.29, 0.717) is 6.04 Å². The molecule has 1 saturated carbocycles. The topological polar surface area (TPSA) is 28.2 Å². The molecule has 2 heterocycles. The zero-order chi connectivity index (χ0) is 13.4. The summed E-state index contributed by atoms with van der Waals surface area (Å²) in [6, 6.07) is 14.2. The molecule has 4 rings (SSSR count). The van der Waals surface area contributed by atoms with Crippen molar-refractivity contribution in [2.24, 2.45) is 0 Å². The van der Waals surface area contributed by atoms with Gasteiger partial charge in [0.1, 0.15) is 0 Å². The zero-order valence-electron chi connectivity index (χ0n) is 11.8. The number of pyridine rings is 1. The smallest absolute Gasteiger partial charge is 0.0705 e. The van der Waals surface area contributed by atoms with Crippen LogP contribution in [0.15, 0.2) is 36.4 Å². The van der Waals surface area contributed by atoms with E-state index in [0.717, 1.165) is 23.8 Å². The number of nitrogens with one attached hydrogen (secondary N) is 1. The molecule has 0 spiro atoms. The predicted molar refractivity (Wildman–Crippen MR) is 81.6 cm³/mol. The highest BCUT2D eigenvalue weighted by Gasteiger charge is 2.33. The number of nitrogens with zero attached hydrogens (tertiary/aromatic N) is 2. The van der Waals surface area contributed by atoms with Gasteiger partial charge in [0.05, 0.1) is 11.2 Å². The van der Waals surface area contributed by atoms with Crippen molar-refractivity contribution in [3.05, 3.63) is 42.1 Å². The van der Waals surface area contributed by atoms with Crippen LogP contribution in [-0.2, 0) is 6.54 Å². The van der Waals surface area contributed by atoms with E-state index in [4.69, 9.17) is 4.98 Å². The summed E-state index contributed by atoms with van der Waals surface area (Å²) in [6.45, 7) is 3.37. The summed E-state index contributed by atoms with van der Waals surface area (Å²) in [6.07, 6.45) is 4.11. The first-order valence-electron chi connectivity index (χ1n) is 7.70. The van der Waals surface area contributed by atoms with E-state index in [2.05, 4.69) is 46.6 Å². The van der Waals surface area contributed by atoms with Crippen LogP contribution in [0.25, 0.3) is 10.9 Å². The summed E-state index contributed by atoms with van der Waals surface area (Å²) in [7, 11) is 0. The molecule has 2 fully saturated rings. The van der Waals surface area contributed by atoms with Gasteiger partial charge in [0.15, 0.2) is 0 Å². The molecule has 1 aromatic heterocycles. The molecule has 2 aliphatic rings. The second kappa shape index (κ2) is 5.15. The van der Waals surface area contributed by atoms with Gasteiger partial charge in [-0.15, -0.1) is 0 Å². The van der Waals surface area contributed by atoms with Gasteiger partial charge in [0, 0.05) is 37.1 Å². The average molecular weight is 267 g/mol. The summed E-state index contributed by atoms with van der Waals surface area (Å²) >= 11 is 0. The molecule has 2 aromatic rings. The van der Waals surface area contributed by atoms with Crippen molar-refractivity contribution in [2.45, 2.75) is 37.9 Å². The van der Waals surface area contributed by atoms with E-state index in [1.54, 1.807) is 0 Å². The molecule has 1 unspecified atom stereocenters. The third-order valence-corrected chi connectivity index (χ3v) is 4.51. The van der Waals surface area contributed by atoms with Gasteiger partial charge >= 0.3 is 0 Å². The first kappa shape index (κ1) is 12.3. The maximum absolute atomic E-state index is 4.73. The van der Waals surface area contributed by atoms with Crippen LogP contribution in [0.2, 0.25) is 0 Å². The summed E-state index contributed by atoms with van der Waals surface area (Å²) < 4.78 is 0. The fraction of sp³-hybridized carbons (Fsp3) is 0.471. The Hall–Kier alpha value is -1.45. The van der Waals surface area contributed by atoms with Crippen molar-refractivity contribution in [3.8, 4) is 0 Å². The van der Waals surface area contributed by atoms with Crippen molar-refractivity contribution >= 4 is 10.9 Å². The van der Waals surface area contributed by atoms with Gasteiger partial charge in [-0.2, -0.15) is 0 Å². The Bertz CT molecular complexity index is 606. The maximum atomic E-state index is 4.73. The minimum atomic E-state index is 0.642. The Labute approximate surface area is 120 Å². The van der Waals surface area contributed by atoms with Gasteiger partial charge in [0.2, 0.25) is 0 Å². The van der Waals surface area contributed by atoms with Crippen molar-refractivity contribution in [2.75, 3.05) is 13.1 Å². The highest BCUT2D eigenvalue weighted by molar-refractivity contribution is 5.78. The molecule has 1 aliphatic carbocycles. The molecule has 3 heteroatoms. The highest BCUT2D eigenvalue weighted by atomic mass is 15.2. The van der Waals surface area contributed by atoms with Gasteiger partial charge in [-0.1, -0.05) is 24.3 Å². The molecule has 20 heavy (non-hydrogen) atoms. The van der Waals surface area contributed by atoms with Crippen LogP contribution < -0.4 is 5.32 Å². The number of aromatic nitrogens is 1.